The summed E-state index contributed by atoms with van der Waals surface area (Å²) < 4.78 is 16.8. The van der Waals surface area contributed by atoms with Gasteiger partial charge >= 0.3 is 1.43 Å². The van der Waals surface area contributed by atoms with E-state index in [1.165, 1.54) is 48.9 Å². The van der Waals surface area contributed by atoms with E-state index in [0.717, 1.165) is 5.56 Å². The first-order valence-corrected chi connectivity index (χ1v) is 19.0. The van der Waals surface area contributed by atoms with E-state index < -0.39 is 0 Å². The number of ketones is 1. The van der Waals surface area contributed by atoms with Crippen LogP contribution in [0.5, 0.6) is 46.0 Å². The van der Waals surface area contributed by atoms with Crippen molar-refractivity contribution in [1.82, 2.24) is 15.0 Å². The predicted molar refractivity (Wildman–Crippen MR) is 235 cm³/mol. The highest BCUT2D eigenvalue weighted by Crippen LogP contribution is 2.40. The zero-order valence-corrected chi connectivity index (χ0v) is 33.5. The third kappa shape index (κ3) is 9.16. The molecule has 16 nitrogen and oxygen atoms in total. The van der Waals surface area contributed by atoms with Gasteiger partial charge in [0.15, 0.2) is 57.6 Å². The highest BCUT2D eigenvalue weighted by molar-refractivity contribution is 6.10. The molecule has 9 rings (SSSR count). The molecule has 9 N–H and O–H groups in total. The second-order valence-electron chi connectivity index (χ2n) is 13.9. The molecule has 0 saturated carbocycles. The summed E-state index contributed by atoms with van der Waals surface area (Å²) in [5.41, 5.74) is 4.36. The zero-order valence-electron chi connectivity index (χ0n) is 34.5. The topological polar surface area (TPSA) is 277 Å². The van der Waals surface area contributed by atoms with Crippen LogP contribution in [0.1, 0.15) is 19.9 Å². The Morgan fingerprint density at radius 1 is 0.562 bits per heavy atom. The first-order valence-electron chi connectivity index (χ1n) is 19.0. The Kier molecular flexibility index (Phi) is 12.3. The van der Waals surface area contributed by atoms with Crippen molar-refractivity contribution in [2.75, 3.05) is 0 Å². The van der Waals surface area contributed by atoms with Gasteiger partial charge in [0.05, 0.1) is 41.9 Å². The molecule has 8 aromatic rings. The van der Waals surface area contributed by atoms with Crippen molar-refractivity contribution in [3.8, 4) is 103 Å². The number of para-hydroxylation sites is 3. The van der Waals surface area contributed by atoms with E-state index in [9.17, 15) is 45.6 Å². The molecule has 0 bridgehead atoms. The van der Waals surface area contributed by atoms with Crippen LogP contribution in [0.2, 0.25) is 0 Å². The minimum Gasteiger partial charge on any atom is -0.508 e. The number of carbonyl (C=O) groups is 1. The third-order valence-corrected chi connectivity index (χ3v) is 9.61. The van der Waals surface area contributed by atoms with Gasteiger partial charge in [0, 0.05) is 29.3 Å². The highest BCUT2D eigenvalue weighted by atomic mass is 16.4. The molecule has 1 aliphatic rings. The van der Waals surface area contributed by atoms with Crippen molar-refractivity contribution in [1.29, 1.82) is 0 Å². The normalized spacial score (nSPS) is 11.9. The number of oxazole rings is 3. The van der Waals surface area contributed by atoms with Crippen molar-refractivity contribution < 1.29 is 66.9 Å². The van der Waals surface area contributed by atoms with E-state index >= 15 is 0 Å². The van der Waals surface area contributed by atoms with Crippen LogP contribution < -0.4 is 0 Å². The second-order valence-corrected chi connectivity index (χ2v) is 13.9. The molecule has 0 fully saturated rings. The van der Waals surface area contributed by atoms with Crippen LogP contribution in [0.15, 0.2) is 153 Å². The molecule has 0 atom stereocenters. The van der Waals surface area contributed by atoms with E-state index in [1.54, 1.807) is 85.8 Å². The highest BCUT2D eigenvalue weighted by Gasteiger charge is 2.19. The van der Waals surface area contributed by atoms with Gasteiger partial charge in [-0.2, -0.15) is 0 Å². The van der Waals surface area contributed by atoms with Gasteiger partial charge in [-0.3, -0.25) is 4.79 Å². The number of hydrogen-bond acceptors (Lipinski definition) is 16. The summed E-state index contributed by atoms with van der Waals surface area (Å²) in [6.45, 7) is 5.12. The van der Waals surface area contributed by atoms with Crippen molar-refractivity contribution in [2.45, 2.75) is 13.5 Å². The average molecular weight is 867 g/mol. The summed E-state index contributed by atoms with van der Waals surface area (Å²) in [5.74, 6) is 0.440. The summed E-state index contributed by atoms with van der Waals surface area (Å²) in [4.78, 5) is 23.7. The van der Waals surface area contributed by atoms with E-state index in [4.69, 9.17) is 18.4 Å². The molecule has 0 radical (unpaired) electrons. The molecule has 324 valence electrons. The van der Waals surface area contributed by atoms with Crippen LogP contribution in [0.3, 0.4) is 0 Å². The number of aromatic hydroxyl groups is 8. The summed E-state index contributed by atoms with van der Waals surface area (Å²) in [6.07, 6.45) is 8.92. The van der Waals surface area contributed by atoms with Crippen LogP contribution in [-0.2, 0) is 11.4 Å². The lowest BCUT2D eigenvalue weighted by molar-refractivity contribution is -0.111. The maximum Gasteiger partial charge on any atom is 1.00 e. The van der Waals surface area contributed by atoms with Crippen LogP contribution >= 0.6 is 0 Å². The SMILES string of the molecule is C=C1C=C(c2ncc(-c3cccc(O)c3O)o2)C=CC1=O.Cc1cc(-c2ncc(-c3cccc(O)c3O)o2)ccc1O.OCc1cc(-c2ncc(-c3cccc(O)c3O)o2)ccc1O.[H+].[HH]. The minimum atomic E-state index is -0.305. The Hall–Kier alpha value is -9.02. The van der Waals surface area contributed by atoms with Crippen LogP contribution in [-0.4, -0.2) is 66.7 Å². The van der Waals surface area contributed by atoms with Gasteiger partial charge in [0.1, 0.15) is 11.5 Å². The van der Waals surface area contributed by atoms with Crippen LogP contribution in [0, 0.1) is 6.92 Å². The number of phenols is 8. The molecule has 0 unspecified atom stereocenters. The van der Waals surface area contributed by atoms with Crippen molar-refractivity contribution in [3.63, 3.8) is 0 Å². The molecule has 0 saturated heterocycles. The minimum absolute atomic E-state index is 0. The van der Waals surface area contributed by atoms with Crippen molar-refractivity contribution >= 4 is 11.4 Å². The molecule has 1 aliphatic carbocycles. The van der Waals surface area contributed by atoms with Gasteiger partial charge in [-0.1, -0.05) is 24.8 Å². The van der Waals surface area contributed by atoms with Gasteiger partial charge in [-0.05, 0) is 104 Å². The number of hydrogen-bond donors (Lipinski definition) is 9. The second kappa shape index (κ2) is 18.3. The number of aromatic nitrogens is 3. The summed E-state index contributed by atoms with van der Waals surface area (Å²) in [7, 11) is 0. The number of nitrogens with zero attached hydrogens (tertiary/aromatic N) is 3. The van der Waals surface area contributed by atoms with Gasteiger partial charge < -0.3 is 59.2 Å². The first-order chi connectivity index (χ1) is 30.7. The Bertz CT molecular complexity index is 3110. The summed E-state index contributed by atoms with van der Waals surface area (Å²) >= 11 is 0. The number of phenolic OH excluding ortho intramolecular Hbond substituents is 7. The first kappa shape index (κ1) is 43.1. The zero-order chi connectivity index (χ0) is 45.7. The molecular weight excluding hydrogens is 827 g/mol. The number of benzene rings is 5. The van der Waals surface area contributed by atoms with Gasteiger partial charge in [-0.15, -0.1) is 0 Å². The molecule has 0 aliphatic heterocycles. The number of carbonyl (C=O) groups excluding carboxylic acids is 1. The maximum absolute atomic E-state index is 11.3. The fourth-order valence-corrected chi connectivity index (χ4v) is 6.13. The molecular formula is C48H40N3O13+. The molecule has 0 amide bonds. The fourth-order valence-electron chi connectivity index (χ4n) is 6.13. The molecule has 5 aromatic carbocycles. The lowest BCUT2D eigenvalue weighted by Gasteiger charge is -2.04. The molecule has 64 heavy (non-hydrogen) atoms. The smallest absolute Gasteiger partial charge is 0.508 e. The van der Waals surface area contributed by atoms with Crippen LogP contribution in [0.4, 0.5) is 0 Å². The van der Waals surface area contributed by atoms with Gasteiger partial charge in [0.25, 0.3) is 0 Å². The Morgan fingerprint density at radius 2 is 1.00 bits per heavy atom. The number of aliphatic hydroxyl groups excluding tert-OH is 1. The third-order valence-electron chi connectivity index (χ3n) is 9.61. The lowest BCUT2D eigenvalue weighted by atomic mass is 10.0. The Labute approximate surface area is 365 Å². The quantitative estimate of drug-likeness (QED) is 0.0533. The molecule has 16 heteroatoms. The molecule has 0 spiro atoms. The summed E-state index contributed by atoms with van der Waals surface area (Å²) in [6, 6.07) is 23.4. The Morgan fingerprint density at radius 3 is 1.45 bits per heavy atom. The fraction of sp³-hybridized carbons (Fsp3) is 0.0417. The Balaban J connectivity index is 0.000000183. The summed E-state index contributed by atoms with van der Waals surface area (Å²) in [5, 5.41) is 86.3. The van der Waals surface area contributed by atoms with E-state index in [2.05, 4.69) is 21.5 Å². The van der Waals surface area contributed by atoms with E-state index in [1.807, 2.05) is 0 Å². The van der Waals surface area contributed by atoms with Gasteiger partial charge in [-0.25, -0.2) is 15.0 Å². The number of aryl methyl sites for hydroxylation is 1. The van der Waals surface area contributed by atoms with E-state index in [-0.39, 0.29) is 67.1 Å². The van der Waals surface area contributed by atoms with Crippen molar-refractivity contribution in [2.24, 2.45) is 0 Å². The largest absolute Gasteiger partial charge is 1.00 e. The van der Waals surface area contributed by atoms with Crippen LogP contribution in [0.25, 0.3) is 62.5 Å². The molecule has 3 heterocycles. The molecule has 3 aromatic heterocycles. The average Bonchev–Trinajstić information content (AvgIpc) is 4.09. The lowest BCUT2D eigenvalue weighted by Crippen LogP contribution is -1.99. The monoisotopic (exact) mass is 866 g/mol. The predicted octanol–water partition coefficient (Wildman–Crippen LogP) is 9.24. The maximum atomic E-state index is 11.3. The van der Waals surface area contributed by atoms with Gasteiger partial charge in [0.2, 0.25) is 17.7 Å². The number of aliphatic hydroxyl groups is 1. The van der Waals surface area contributed by atoms with E-state index in [0.29, 0.717) is 73.6 Å². The number of allylic oxidation sites excluding steroid dienone is 5. The number of rotatable bonds is 7. The standard InChI is InChI=1S/C16H13NO5.C16H13NO4.C16H11NO4.H2/c18-8-10-6-9(4-5-12(10)19)16-17-7-14(22-16)11-2-1-3-13(20)15(11)21;2*1-9-7-10(5-6-12(9)18)16-17-8-14(21-16)11-3-2-4-13(19)15(11)20;/h1-7,18-21H,8H2;2-8,18-20H,1H3;2-8,19-20H,1H2;1H/p+1. The van der Waals surface area contributed by atoms with Crippen molar-refractivity contribution in [3.05, 3.63) is 157 Å².